The van der Waals surface area contributed by atoms with Crippen molar-refractivity contribution in [1.82, 2.24) is 4.90 Å². The molecule has 3 N–H and O–H groups in total. The summed E-state index contributed by atoms with van der Waals surface area (Å²) in [5.74, 6) is 0. The van der Waals surface area contributed by atoms with Gasteiger partial charge in [-0.3, -0.25) is 4.90 Å². The zero-order valence-electron chi connectivity index (χ0n) is 11.7. The van der Waals surface area contributed by atoms with Gasteiger partial charge in [-0.2, -0.15) is 0 Å². The molecule has 1 aromatic rings. The van der Waals surface area contributed by atoms with Crippen LogP contribution in [0.5, 0.6) is 0 Å². The van der Waals surface area contributed by atoms with Gasteiger partial charge in [-0.1, -0.05) is 31.5 Å². The van der Waals surface area contributed by atoms with Crippen LogP contribution in [0.1, 0.15) is 36.5 Å². The predicted octanol–water partition coefficient (Wildman–Crippen LogP) is 2.05. The van der Waals surface area contributed by atoms with Gasteiger partial charge < -0.3 is 10.8 Å². The Bertz CT molecular complexity index is 352. The van der Waals surface area contributed by atoms with E-state index in [1.165, 1.54) is 29.5 Å². The molecule has 0 heterocycles. The van der Waals surface area contributed by atoms with Crippen LogP contribution in [0.15, 0.2) is 18.2 Å². The smallest absolute Gasteiger partial charge is 0.0558 e. The second-order valence-electron chi connectivity index (χ2n) is 4.82. The van der Waals surface area contributed by atoms with Gasteiger partial charge in [0, 0.05) is 19.6 Å². The largest absolute Gasteiger partial charge is 0.395 e. The van der Waals surface area contributed by atoms with Gasteiger partial charge in [0.2, 0.25) is 0 Å². The van der Waals surface area contributed by atoms with E-state index in [1.54, 1.807) is 0 Å². The van der Waals surface area contributed by atoms with E-state index in [4.69, 9.17) is 10.8 Å². The SMILES string of the molecule is CCCCN(CCO)Cc1ccc(CN)cc1C. The number of nitrogens with two attached hydrogens (primary N) is 1. The van der Waals surface area contributed by atoms with Gasteiger partial charge in [-0.05, 0) is 36.6 Å². The fraction of sp³-hybridized carbons (Fsp3) is 0.600. The highest BCUT2D eigenvalue weighted by Gasteiger charge is 2.07. The van der Waals surface area contributed by atoms with Crippen LogP contribution in [0.25, 0.3) is 0 Å². The number of nitrogens with zero attached hydrogens (tertiary/aromatic N) is 1. The van der Waals surface area contributed by atoms with Gasteiger partial charge in [0.1, 0.15) is 0 Å². The molecule has 0 amide bonds. The lowest BCUT2D eigenvalue weighted by atomic mass is 10.0. The highest BCUT2D eigenvalue weighted by atomic mass is 16.3. The summed E-state index contributed by atoms with van der Waals surface area (Å²) < 4.78 is 0. The van der Waals surface area contributed by atoms with Crippen LogP contribution in [-0.4, -0.2) is 29.7 Å². The number of rotatable bonds is 8. The Hall–Kier alpha value is -0.900. The molecule has 0 aliphatic rings. The molecule has 3 nitrogen and oxygen atoms in total. The van der Waals surface area contributed by atoms with Crippen LogP contribution in [0, 0.1) is 6.92 Å². The number of aliphatic hydroxyl groups is 1. The lowest BCUT2D eigenvalue weighted by Crippen LogP contribution is -2.27. The highest BCUT2D eigenvalue weighted by molar-refractivity contribution is 5.30. The lowest BCUT2D eigenvalue weighted by molar-refractivity contribution is 0.188. The Balaban J connectivity index is 2.67. The van der Waals surface area contributed by atoms with Crippen molar-refractivity contribution in [3.8, 4) is 0 Å². The van der Waals surface area contributed by atoms with Crippen molar-refractivity contribution in [3.63, 3.8) is 0 Å². The van der Waals surface area contributed by atoms with Crippen molar-refractivity contribution in [3.05, 3.63) is 34.9 Å². The normalized spacial score (nSPS) is 11.2. The minimum absolute atomic E-state index is 0.226. The van der Waals surface area contributed by atoms with E-state index in [9.17, 15) is 0 Å². The monoisotopic (exact) mass is 250 g/mol. The van der Waals surface area contributed by atoms with Crippen molar-refractivity contribution in [1.29, 1.82) is 0 Å². The first-order chi connectivity index (χ1) is 8.71. The number of aryl methyl sites for hydroxylation is 1. The van der Waals surface area contributed by atoms with E-state index >= 15 is 0 Å². The molecule has 1 rings (SSSR count). The molecular weight excluding hydrogens is 224 g/mol. The minimum atomic E-state index is 0.226. The molecule has 0 saturated heterocycles. The van der Waals surface area contributed by atoms with Crippen LogP contribution >= 0.6 is 0 Å². The standard InChI is InChI=1S/C15H26N2O/c1-3-4-7-17(8-9-18)12-15-6-5-14(11-16)10-13(15)2/h5-6,10,18H,3-4,7-9,11-12,16H2,1-2H3. The van der Waals surface area contributed by atoms with Gasteiger partial charge in [0.25, 0.3) is 0 Å². The van der Waals surface area contributed by atoms with Crippen molar-refractivity contribution >= 4 is 0 Å². The maximum Gasteiger partial charge on any atom is 0.0558 e. The third-order valence-corrected chi connectivity index (χ3v) is 3.28. The number of unbranched alkanes of at least 4 members (excludes halogenated alkanes) is 1. The number of benzene rings is 1. The molecule has 0 saturated carbocycles. The van der Waals surface area contributed by atoms with Gasteiger partial charge in [-0.25, -0.2) is 0 Å². The van der Waals surface area contributed by atoms with Crippen LogP contribution < -0.4 is 5.73 Å². The fourth-order valence-electron chi connectivity index (χ4n) is 2.10. The molecule has 0 aromatic heterocycles. The van der Waals surface area contributed by atoms with Crippen LogP contribution in [0.3, 0.4) is 0 Å². The molecule has 0 aliphatic heterocycles. The predicted molar refractivity (Wildman–Crippen MR) is 76.3 cm³/mol. The summed E-state index contributed by atoms with van der Waals surface area (Å²) in [6.07, 6.45) is 2.37. The molecule has 0 fully saturated rings. The summed E-state index contributed by atoms with van der Waals surface area (Å²) in [5.41, 5.74) is 9.44. The van der Waals surface area contributed by atoms with E-state index < -0.39 is 0 Å². The van der Waals surface area contributed by atoms with Crippen LogP contribution in [-0.2, 0) is 13.1 Å². The summed E-state index contributed by atoms with van der Waals surface area (Å²) in [7, 11) is 0. The first kappa shape index (κ1) is 15.2. The summed E-state index contributed by atoms with van der Waals surface area (Å²) in [6, 6.07) is 6.42. The third-order valence-electron chi connectivity index (χ3n) is 3.28. The average Bonchev–Trinajstić information content (AvgIpc) is 2.38. The van der Waals surface area contributed by atoms with E-state index in [1.807, 2.05) is 0 Å². The molecule has 18 heavy (non-hydrogen) atoms. The van der Waals surface area contributed by atoms with Gasteiger partial charge >= 0.3 is 0 Å². The number of aliphatic hydroxyl groups excluding tert-OH is 1. The van der Waals surface area contributed by atoms with E-state index in [0.29, 0.717) is 6.54 Å². The molecule has 0 aliphatic carbocycles. The van der Waals surface area contributed by atoms with Crippen molar-refractivity contribution in [2.75, 3.05) is 19.7 Å². The lowest BCUT2D eigenvalue weighted by Gasteiger charge is -2.22. The van der Waals surface area contributed by atoms with E-state index in [2.05, 4.69) is 36.9 Å². The summed E-state index contributed by atoms with van der Waals surface area (Å²) in [6.45, 7) is 7.86. The molecule has 0 bridgehead atoms. The van der Waals surface area contributed by atoms with Gasteiger partial charge in [0.15, 0.2) is 0 Å². The highest BCUT2D eigenvalue weighted by Crippen LogP contribution is 2.13. The molecule has 1 aromatic carbocycles. The van der Waals surface area contributed by atoms with Crippen molar-refractivity contribution < 1.29 is 5.11 Å². The first-order valence-electron chi connectivity index (χ1n) is 6.83. The average molecular weight is 250 g/mol. The topological polar surface area (TPSA) is 49.5 Å². The summed E-state index contributed by atoms with van der Waals surface area (Å²) in [4.78, 5) is 2.31. The summed E-state index contributed by atoms with van der Waals surface area (Å²) in [5, 5.41) is 9.11. The molecular formula is C15H26N2O. The van der Waals surface area contributed by atoms with Crippen LogP contribution in [0.4, 0.5) is 0 Å². The summed E-state index contributed by atoms with van der Waals surface area (Å²) >= 11 is 0. The Morgan fingerprint density at radius 1 is 1.28 bits per heavy atom. The molecule has 0 unspecified atom stereocenters. The maximum absolute atomic E-state index is 9.11. The second-order valence-corrected chi connectivity index (χ2v) is 4.82. The van der Waals surface area contributed by atoms with Crippen LogP contribution in [0.2, 0.25) is 0 Å². The molecule has 0 spiro atoms. The second kappa shape index (κ2) is 8.25. The Morgan fingerprint density at radius 3 is 2.61 bits per heavy atom. The Morgan fingerprint density at radius 2 is 2.06 bits per heavy atom. The van der Waals surface area contributed by atoms with Crippen molar-refractivity contribution in [2.45, 2.75) is 39.8 Å². The quantitative estimate of drug-likeness (QED) is 0.742. The first-order valence-corrected chi connectivity index (χ1v) is 6.83. The minimum Gasteiger partial charge on any atom is -0.395 e. The van der Waals surface area contributed by atoms with E-state index in [0.717, 1.165) is 19.6 Å². The molecule has 0 atom stereocenters. The Kier molecular flexibility index (Phi) is 6.94. The van der Waals surface area contributed by atoms with Gasteiger partial charge in [-0.15, -0.1) is 0 Å². The maximum atomic E-state index is 9.11. The van der Waals surface area contributed by atoms with E-state index in [-0.39, 0.29) is 6.61 Å². The number of hydrogen-bond donors (Lipinski definition) is 2. The zero-order chi connectivity index (χ0) is 13.4. The third kappa shape index (κ3) is 4.77. The van der Waals surface area contributed by atoms with Crippen molar-refractivity contribution in [2.24, 2.45) is 5.73 Å². The molecule has 3 heteroatoms. The fourth-order valence-corrected chi connectivity index (χ4v) is 2.10. The number of hydrogen-bond acceptors (Lipinski definition) is 3. The zero-order valence-corrected chi connectivity index (χ0v) is 11.7. The molecule has 102 valence electrons. The molecule has 0 radical (unpaired) electrons. The Labute approximate surface area is 111 Å². The van der Waals surface area contributed by atoms with Gasteiger partial charge in [0.05, 0.1) is 6.61 Å².